The molecule has 5 nitrogen and oxygen atoms in total. The summed E-state index contributed by atoms with van der Waals surface area (Å²) in [5, 5.41) is 13.7. The molecule has 2 heterocycles. The Kier molecular flexibility index (Phi) is 3.60. The van der Waals surface area contributed by atoms with Crippen molar-refractivity contribution in [2.45, 2.75) is 25.3 Å². The minimum absolute atomic E-state index is 0.116. The number of nitrogens with one attached hydrogen (secondary N) is 1. The Bertz CT molecular complexity index is 534. The number of anilines is 1. The number of benzene rings is 1. The van der Waals surface area contributed by atoms with Crippen molar-refractivity contribution < 1.29 is 4.79 Å². The number of piperidine rings is 1. The van der Waals surface area contributed by atoms with Gasteiger partial charge < -0.3 is 0 Å². The van der Waals surface area contributed by atoms with E-state index in [4.69, 9.17) is 5.41 Å². The van der Waals surface area contributed by atoms with Gasteiger partial charge in [-0.15, -0.1) is 0 Å². The molecular formula is C15H18N4O. The van der Waals surface area contributed by atoms with Gasteiger partial charge in [0.1, 0.15) is 5.71 Å². The Hall–Kier alpha value is -2.01. The van der Waals surface area contributed by atoms with E-state index >= 15 is 0 Å². The predicted octanol–water partition coefficient (Wildman–Crippen LogP) is 1.89. The molecule has 1 atom stereocenters. The van der Waals surface area contributed by atoms with Crippen molar-refractivity contribution in [1.82, 2.24) is 4.90 Å². The molecule has 2 aliphatic rings. The highest BCUT2D eigenvalue weighted by atomic mass is 16.2. The lowest BCUT2D eigenvalue weighted by molar-refractivity contribution is -0.113. The second-order valence-electron chi connectivity index (χ2n) is 5.17. The Balaban J connectivity index is 1.82. The topological polar surface area (TPSA) is 59.8 Å². The number of amides is 1. The van der Waals surface area contributed by atoms with Gasteiger partial charge in [0.15, 0.2) is 0 Å². The van der Waals surface area contributed by atoms with E-state index in [1.165, 1.54) is 11.4 Å². The highest BCUT2D eigenvalue weighted by Gasteiger charge is 2.34. The zero-order valence-electron chi connectivity index (χ0n) is 11.3. The summed E-state index contributed by atoms with van der Waals surface area (Å²) >= 11 is 0. The number of carbonyl (C=O) groups is 1. The Morgan fingerprint density at radius 1 is 1.10 bits per heavy atom. The molecule has 0 bridgehead atoms. The summed E-state index contributed by atoms with van der Waals surface area (Å²) in [7, 11) is 0. The molecule has 1 unspecified atom stereocenters. The first kappa shape index (κ1) is 13.0. The average Bonchev–Trinajstić information content (AvgIpc) is 2.52. The van der Waals surface area contributed by atoms with E-state index in [0.717, 1.165) is 25.9 Å². The molecule has 1 fully saturated rings. The van der Waals surface area contributed by atoms with Crippen molar-refractivity contribution in [3.8, 4) is 0 Å². The molecule has 0 aliphatic carbocycles. The van der Waals surface area contributed by atoms with Crippen molar-refractivity contribution in [2.75, 3.05) is 18.1 Å². The number of hydrazone groups is 1. The fourth-order valence-electron chi connectivity index (χ4n) is 2.72. The minimum atomic E-state index is -0.325. The lowest BCUT2D eigenvalue weighted by atomic mass is 10.0. The molecule has 1 N–H and O–H groups in total. The number of carbonyl (C=O) groups excluding carboxylic acids is 1. The maximum Gasteiger partial charge on any atom is 0.294 e. The van der Waals surface area contributed by atoms with Gasteiger partial charge in [-0.1, -0.05) is 24.6 Å². The molecule has 0 radical (unpaired) electrons. The van der Waals surface area contributed by atoms with Crippen LogP contribution in [0.1, 0.15) is 19.3 Å². The van der Waals surface area contributed by atoms with Crippen LogP contribution in [0.5, 0.6) is 0 Å². The predicted molar refractivity (Wildman–Crippen MR) is 79.4 cm³/mol. The van der Waals surface area contributed by atoms with Crippen LogP contribution in [0.25, 0.3) is 0 Å². The Morgan fingerprint density at radius 3 is 2.50 bits per heavy atom. The van der Waals surface area contributed by atoms with Crippen molar-refractivity contribution in [1.29, 1.82) is 5.41 Å². The van der Waals surface area contributed by atoms with Gasteiger partial charge in [0.05, 0.1) is 11.7 Å². The van der Waals surface area contributed by atoms with Gasteiger partial charge in [-0.3, -0.25) is 15.1 Å². The third kappa shape index (κ3) is 2.36. The van der Waals surface area contributed by atoms with Crippen LogP contribution in [0, 0.1) is 5.41 Å². The first-order chi connectivity index (χ1) is 9.77. The number of rotatable bonds is 2. The lowest BCUT2D eigenvalue weighted by Gasteiger charge is -2.35. The van der Waals surface area contributed by atoms with Gasteiger partial charge in [-0.05, 0) is 38.1 Å². The molecule has 2 aliphatic heterocycles. The van der Waals surface area contributed by atoms with E-state index in [0.29, 0.717) is 5.69 Å². The van der Waals surface area contributed by atoms with Crippen LogP contribution >= 0.6 is 0 Å². The smallest absolute Gasteiger partial charge is 0.294 e. The van der Waals surface area contributed by atoms with Gasteiger partial charge in [0.25, 0.3) is 5.91 Å². The third-order valence-corrected chi connectivity index (χ3v) is 3.83. The quantitative estimate of drug-likeness (QED) is 0.892. The molecule has 5 heteroatoms. The second kappa shape index (κ2) is 5.54. The van der Waals surface area contributed by atoms with E-state index in [1.807, 2.05) is 30.3 Å². The van der Waals surface area contributed by atoms with Gasteiger partial charge in [-0.25, -0.2) is 0 Å². The highest BCUT2D eigenvalue weighted by molar-refractivity contribution is 6.48. The second-order valence-corrected chi connectivity index (χ2v) is 5.17. The van der Waals surface area contributed by atoms with Gasteiger partial charge in [0.2, 0.25) is 0 Å². The van der Waals surface area contributed by atoms with Crippen LogP contribution in [0.4, 0.5) is 5.69 Å². The molecule has 1 aromatic rings. The summed E-state index contributed by atoms with van der Waals surface area (Å²) in [6.07, 6.45) is 5.22. The van der Waals surface area contributed by atoms with E-state index in [1.54, 1.807) is 6.21 Å². The molecule has 104 valence electrons. The van der Waals surface area contributed by atoms with Crippen LogP contribution in [0.3, 0.4) is 0 Å². The summed E-state index contributed by atoms with van der Waals surface area (Å²) in [4.78, 5) is 14.5. The van der Waals surface area contributed by atoms with Crippen LogP contribution < -0.4 is 5.01 Å². The third-order valence-electron chi connectivity index (χ3n) is 3.83. The summed E-state index contributed by atoms with van der Waals surface area (Å²) in [5.74, 6) is -0.325. The van der Waals surface area contributed by atoms with Crippen molar-refractivity contribution in [3.05, 3.63) is 30.3 Å². The molecule has 0 aromatic heterocycles. The monoisotopic (exact) mass is 270 g/mol. The van der Waals surface area contributed by atoms with Crippen molar-refractivity contribution in [3.63, 3.8) is 0 Å². The first-order valence-corrected chi connectivity index (χ1v) is 7.03. The number of likely N-dealkylation sites (tertiary alicyclic amines) is 1. The highest BCUT2D eigenvalue weighted by Crippen LogP contribution is 2.20. The summed E-state index contributed by atoms with van der Waals surface area (Å²) in [5.41, 5.74) is 0.821. The molecule has 20 heavy (non-hydrogen) atoms. The van der Waals surface area contributed by atoms with Crippen LogP contribution in [-0.2, 0) is 4.79 Å². The first-order valence-electron chi connectivity index (χ1n) is 7.03. The number of nitrogens with zero attached hydrogens (tertiary/aromatic N) is 3. The standard InChI is InChI=1S/C15H18N4O/c16-14-13(18-9-5-2-6-10-18)11-17-19(15(14)20)12-7-3-1-4-8-12/h1,3-4,7-8,11,13,16H,2,5-6,9-10H2. The molecule has 1 saturated heterocycles. The number of hydrogen-bond acceptors (Lipinski definition) is 4. The number of hydrogen-bond donors (Lipinski definition) is 1. The van der Waals surface area contributed by atoms with E-state index in [9.17, 15) is 4.79 Å². The summed E-state index contributed by atoms with van der Waals surface area (Å²) < 4.78 is 0. The molecular weight excluding hydrogens is 252 g/mol. The number of para-hydroxylation sites is 1. The maximum absolute atomic E-state index is 12.3. The molecule has 0 saturated carbocycles. The average molecular weight is 270 g/mol. The van der Waals surface area contributed by atoms with E-state index in [-0.39, 0.29) is 17.7 Å². The zero-order chi connectivity index (χ0) is 13.9. The van der Waals surface area contributed by atoms with Gasteiger partial charge >= 0.3 is 0 Å². The summed E-state index contributed by atoms with van der Waals surface area (Å²) in [6, 6.07) is 9.00. The van der Waals surface area contributed by atoms with Gasteiger partial charge in [-0.2, -0.15) is 10.1 Å². The summed E-state index contributed by atoms with van der Waals surface area (Å²) in [6.45, 7) is 1.88. The lowest BCUT2D eigenvalue weighted by Crippen LogP contribution is -2.53. The fraction of sp³-hybridized carbons (Fsp3) is 0.400. The van der Waals surface area contributed by atoms with Crippen LogP contribution in [0.2, 0.25) is 0 Å². The Labute approximate surface area is 118 Å². The normalized spacial score (nSPS) is 24.2. The van der Waals surface area contributed by atoms with Gasteiger partial charge in [0, 0.05) is 6.21 Å². The molecule has 1 aromatic carbocycles. The Morgan fingerprint density at radius 2 is 1.80 bits per heavy atom. The van der Waals surface area contributed by atoms with E-state index in [2.05, 4.69) is 10.0 Å². The van der Waals surface area contributed by atoms with E-state index < -0.39 is 0 Å². The molecule has 3 rings (SSSR count). The van der Waals surface area contributed by atoms with Crippen molar-refractivity contribution >= 4 is 23.5 Å². The minimum Gasteiger partial charge on any atom is -0.298 e. The van der Waals surface area contributed by atoms with Crippen molar-refractivity contribution in [2.24, 2.45) is 5.10 Å². The SMILES string of the molecule is N=C1C(=O)N(c2ccccc2)N=CC1N1CCCCC1. The fourth-order valence-corrected chi connectivity index (χ4v) is 2.72. The maximum atomic E-state index is 12.3. The molecule has 0 spiro atoms. The van der Waals surface area contributed by atoms with Crippen LogP contribution in [-0.4, -0.2) is 41.9 Å². The van der Waals surface area contributed by atoms with Crippen LogP contribution in [0.15, 0.2) is 35.4 Å². The zero-order valence-corrected chi connectivity index (χ0v) is 11.3. The largest absolute Gasteiger partial charge is 0.298 e. The molecule has 1 amide bonds.